The average molecular weight is 258 g/mol. The van der Waals surface area contributed by atoms with Crippen molar-refractivity contribution in [2.75, 3.05) is 26.2 Å². The van der Waals surface area contributed by atoms with Crippen LogP contribution in [0.15, 0.2) is 0 Å². The number of nitrogens with two attached hydrogens (primary N) is 4. The summed E-state index contributed by atoms with van der Waals surface area (Å²) in [4.78, 5) is 0. The van der Waals surface area contributed by atoms with E-state index >= 15 is 0 Å². The lowest BCUT2D eigenvalue weighted by Gasteiger charge is -2.20. The van der Waals surface area contributed by atoms with Crippen molar-refractivity contribution >= 4 is 0 Å². The summed E-state index contributed by atoms with van der Waals surface area (Å²) in [6.07, 6.45) is 9.51. The molecule has 4 nitrogen and oxygen atoms in total. The highest BCUT2D eigenvalue weighted by Crippen LogP contribution is 2.23. The summed E-state index contributed by atoms with van der Waals surface area (Å²) in [6, 6.07) is 0. The molecule has 0 aliphatic rings. The molecule has 0 radical (unpaired) electrons. The van der Waals surface area contributed by atoms with Crippen molar-refractivity contribution in [1.82, 2.24) is 0 Å². The zero-order chi connectivity index (χ0) is 13.6. The van der Waals surface area contributed by atoms with Gasteiger partial charge < -0.3 is 22.9 Å². The van der Waals surface area contributed by atoms with Gasteiger partial charge in [-0.05, 0) is 83.0 Å². The first kappa shape index (κ1) is 17.8. The molecule has 0 heterocycles. The van der Waals surface area contributed by atoms with E-state index in [1.807, 2.05) is 0 Å². The summed E-state index contributed by atoms with van der Waals surface area (Å²) in [7, 11) is 0. The van der Waals surface area contributed by atoms with E-state index in [0.717, 1.165) is 51.4 Å². The summed E-state index contributed by atoms with van der Waals surface area (Å²) in [6.45, 7) is 3.17. The van der Waals surface area contributed by atoms with Gasteiger partial charge in [-0.15, -0.1) is 0 Å². The summed E-state index contributed by atoms with van der Waals surface area (Å²) in [5.74, 6) is 1.43. The van der Waals surface area contributed by atoms with Gasteiger partial charge in [-0.2, -0.15) is 0 Å². The van der Waals surface area contributed by atoms with E-state index in [4.69, 9.17) is 22.9 Å². The first-order valence-corrected chi connectivity index (χ1v) is 7.58. The fourth-order valence-electron chi connectivity index (χ4n) is 2.50. The molecular formula is C14H34N4. The summed E-state index contributed by atoms with van der Waals surface area (Å²) in [5.41, 5.74) is 22.6. The van der Waals surface area contributed by atoms with Crippen LogP contribution >= 0.6 is 0 Å². The number of hydrogen-bond acceptors (Lipinski definition) is 4. The second kappa shape index (κ2) is 13.3. The van der Waals surface area contributed by atoms with Crippen LogP contribution in [0.1, 0.15) is 51.4 Å². The van der Waals surface area contributed by atoms with Crippen LogP contribution in [-0.4, -0.2) is 26.2 Å². The third-order valence-corrected chi connectivity index (χ3v) is 3.77. The molecule has 0 aromatic carbocycles. The normalized spacial score (nSPS) is 13.2. The highest BCUT2D eigenvalue weighted by molar-refractivity contribution is 4.67. The Kier molecular flexibility index (Phi) is 13.2. The standard InChI is InChI=1S/C14H34N4/c15-9-1-4-13(5-2-10-16)7-8-14(12-18)6-3-11-17/h13-14H,1-12,15-18H2. The van der Waals surface area contributed by atoms with Crippen molar-refractivity contribution in [1.29, 1.82) is 0 Å². The van der Waals surface area contributed by atoms with E-state index in [1.165, 1.54) is 32.1 Å². The van der Waals surface area contributed by atoms with E-state index in [2.05, 4.69) is 0 Å². The van der Waals surface area contributed by atoms with Gasteiger partial charge in [0.15, 0.2) is 0 Å². The molecule has 0 amide bonds. The Balaban J connectivity index is 3.88. The Bertz CT molecular complexity index is 156. The molecule has 0 aliphatic carbocycles. The molecule has 1 atom stereocenters. The highest BCUT2D eigenvalue weighted by atomic mass is 14.6. The van der Waals surface area contributed by atoms with Gasteiger partial charge in [0.25, 0.3) is 0 Å². The molecule has 8 N–H and O–H groups in total. The van der Waals surface area contributed by atoms with Crippen LogP contribution in [-0.2, 0) is 0 Å². The lowest BCUT2D eigenvalue weighted by Crippen LogP contribution is -2.18. The minimum atomic E-state index is 0.645. The highest BCUT2D eigenvalue weighted by Gasteiger charge is 2.12. The largest absolute Gasteiger partial charge is 0.330 e. The summed E-state index contributed by atoms with van der Waals surface area (Å²) in [5, 5.41) is 0. The Hall–Kier alpha value is -0.160. The predicted molar refractivity (Wildman–Crippen MR) is 80.1 cm³/mol. The van der Waals surface area contributed by atoms with Gasteiger partial charge in [-0.1, -0.05) is 6.42 Å². The van der Waals surface area contributed by atoms with Crippen LogP contribution in [0.5, 0.6) is 0 Å². The monoisotopic (exact) mass is 258 g/mol. The van der Waals surface area contributed by atoms with Gasteiger partial charge >= 0.3 is 0 Å². The second-order valence-corrected chi connectivity index (χ2v) is 5.34. The lowest BCUT2D eigenvalue weighted by atomic mass is 9.87. The van der Waals surface area contributed by atoms with Crippen LogP contribution < -0.4 is 22.9 Å². The predicted octanol–water partition coefficient (Wildman–Crippen LogP) is 1.17. The SMILES string of the molecule is NCCCC(CN)CCC(CCCN)CCCN. The van der Waals surface area contributed by atoms with Crippen molar-refractivity contribution in [3.8, 4) is 0 Å². The van der Waals surface area contributed by atoms with E-state index in [1.54, 1.807) is 0 Å². The van der Waals surface area contributed by atoms with Crippen molar-refractivity contribution in [3.05, 3.63) is 0 Å². The van der Waals surface area contributed by atoms with E-state index in [-0.39, 0.29) is 0 Å². The Morgan fingerprint density at radius 3 is 1.28 bits per heavy atom. The second-order valence-electron chi connectivity index (χ2n) is 5.34. The lowest BCUT2D eigenvalue weighted by molar-refractivity contribution is 0.340. The smallest absolute Gasteiger partial charge is 0.00489 e. The maximum absolute atomic E-state index is 5.82. The van der Waals surface area contributed by atoms with Crippen LogP contribution in [0.4, 0.5) is 0 Å². The first-order valence-electron chi connectivity index (χ1n) is 7.58. The topological polar surface area (TPSA) is 104 Å². The Labute approximate surface area is 113 Å². The molecule has 0 saturated heterocycles. The zero-order valence-electron chi connectivity index (χ0n) is 11.9. The van der Waals surface area contributed by atoms with Gasteiger partial charge in [0.1, 0.15) is 0 Å². The van der Waals surface area contributed by atoms with Crippen LogP contribution in [0.2, 0.25) is 0 Å². The van der Waals surface area contributed by atoms with E-state index in [9.17, 15) is 0 Å². The molecule has 0 rings (SSSR count). The molecule has 1 unspecified atom stereocenters. The van der Waals surface area contributed by atoms with Gasteiger partial charge in [-0.25, -0.2) is 0 Å². The molecule has 0 spiro atoms. The van der Waals surface area contributed by atoms with Crippen LogP contribution in [0.3, 0.4) is 0 Å². The van der Waals surface area contributed by atoms with Crippen molar-refractivity contribution in [2.45, 2.75) is 51.4 Å². The van der Waals surface area contributed by atoms with Gasteiger partial charge in [0.05, 0.1) is 0 Å². The molecule has 0 bridgehead atoms. The quantitative estimate of drug-likeness (QED) is 0.398. The fraction of sp³-hybridized carbons (Fsp3) is 1.00. The maximum atomic E-state index is 5.82. The zero-order valence-corrected chi connectivity index (χ0v) is 11.9. The van der Waals surface area contributed by atoms with Gasteiger partial charge in [-0.3, -0.25) is 0 Å². The van der Waals surface area contributed by atoms with Crippen molar-refractivity contribution in [2.24, 2.45) is 34.8 Å². The molecule has 4 heteroatoms. The van der Waals surface area contributed by atoms with Gasteiger partial charge in [0.2, 0.25) is 0 Å². The van der Waals surface area contributed by atoms with E-state index < -0.39 is 0 Å². The van der Waals surface area contributed by atoms with E-state index in [0.29, 0.717) is 5.92 Å². The van der Waals surface area contributed by atoms with Crippen LogP contribution in [0.25, 0.3) is 0 Å². The minimum absolute atomic E-state index is 0.645. The third-order valence-electron chi connectivity index (χ3n) is 3.77. The fourth-order valence-corrected chi connectivity index (χ4v) is 2.50. The molecular weight excluding hydrogens is 224 g/mol. The average Bonchev–Trinajstić information content (AvgIpc) is 2.41. The molecule has 0 saturated carbocycles. The molecule has 0 aromatic heterocycles. The summed E-state index contributed by atoms with van der Waals surface area (Å²) < 4.78 is 0. The number of rotatable bonds is 13. The van der Waals surface area contributed by atoms with Gasteiger partial charge in [0, 0.05) is 0 Å². The first-order chi connectivity index (χ1) is 8.78. The molecule has 0 aromatic rings. The molecule has 0 aliphatic heterocycles. The van der Waals surface area contributed by atoms with Crippen LogP contribution in [0, 0.1) is 11.8 Å². The third kappa shape index (κ3) is 9.83. The molecule has 110 valence electrons. The van der Waals surface area contributed by atoms with Crippen molar-refractivity contribution in [3.63, 3.8) is 0 Å². The Morgan fingerprint density at radius 1 is 0.500 bits per heavy atom. The molecule has 0 fully saturated rings. The summed E-state index contributed by atoms with van der Waals surface area (Å²) >= 11 is 0. The molecule has 18 heavy (non-hydrogen) atoms. The Morgan fingerprint density at radius 2 is 0.889 bits per heavy atom. The minimum Gasteiger partial charge on any atom is -0.330 e. The number of hydrogen-bond donors (Lipinski definition) is 4. The van der Waals surface area contributed by atoms with Crippen molar-refractivity contribution < 1.29 is 0 Å². The maximum Gasteiger partial charge on any atom is -0.00489 e.